The van der Waals surface area contributed by atoms with Gasteiger partial charge in [-0.1, -0.05) is 11.6 Å². The fourth-order valence-corrected chi connectivity index (χ4v) is 4.32. The van der Waals surface area contributed by atoms with Crippen molar-refractivity contribution in [2.75, 3.05) is 20.2 Å². The van der Waals surface area contributed by atoms with Crippen LogP contribution in [0.5, 0.6) is 5.75 Å². The fraction of sp³-hybridized carbons (Fsp3) is 0.462. The number of sulfonamides is 1. The van der Waals surface area contributed by atoms with Crippen LogP contribution in [0.25, 0.3) is 0 Å². The van der Waals surface area contributed by atoms with Crippen LogP contribution >= 0.6 is 11.6 Å². The van der Waals surface area contributed by atoms with Crippen LogP contribution in [0.15, 0.2) is 23.1 Å². The van der Waals surface area contributed by atoms with Crippen LogP contribution in [0.4, 0.5) is 0 Å². The van der Waals surface area contributed by atoms with Gasteiger partial charge in [0, 0.05) is 13.1 Å². The molecule has 0 spiro atoms. The minimum Gasteiger partial charge on any atom is -0.495 e. The van der Waals surface area contributed by atoms with Gasteiger partial charge in [-0.2, -0.15) is 4.31 Å². The van der Waals surface area contributed by atoms with Gasteiger partial charge < -0.3 is 4.74 Å². The van der Waals surface area contributed by atoms with Gasteiger partial charge in [0.05, 0.1) is 22.9 Å². The van der Waals surface area contributed by atoms with Crippen LogP contribution in [0.1, 0.15) is 12.8 Å². The smallest absolute Gasteiger partial charge is 0.243 e. The summed E-state index contributed by atoms with van der Waals surface area (Å²) in [4.78, 5) is 11.7. The molecular formula is C13H18ClN3O4S. The number of halogens is 1. The monoisotopic (exact) mass is 347 g/mol. The second-order valence-electron chi connectivity index (χ2n) is 5.01. The number of benzene rings is 1. The van der Waals surface area contributed by atoms with Gasteiger partial charge in [0.25, 0.3) is 0 Å². The van der Waals surface area contributed by atoms with Gasteiger partial charge in [-0.25, -0.2) is 14.3 Å². The first-order valence-electron chi connectivity index (χ1n) is 6.74. The molecule has 1 atom stereocenters. The normalized spacial score (nSPS) is 19.7. The van der Waals surface area contributed by atoms with Crippen molar-refractivity contribution in [1.29, 1.82) is 0 Å². The molecule has 0 aromatic heterocycles. The lowest BCUT2D eigenvalue weighted by Gasteiger charge is -2.30. The van der Waals surface area contributed by atoms with Gasteiger partial charge in [0.15, 0.2) is 0 Å². The number of hydrazine groups is 1. The van der Waals surface area contributed by atoms with E-state index < -0.39 is 15.9 Å². The molecule has 1 amide bonds. The Bertz CT molecular complexity index is 665. The number of nitrogens with two attached hydrogens (primary N) is 1. The van der Waals surface area contributed by atoms with E-state index >= 15 is 0 Å². The maximum Gasteiger partial charge on any atom is 0.243 e. The average molecular weight is 348 g/mol. The van der Waals surface area contributed by atoms with E-state index in [1.165, 1.54) is 29.6 Å². The minimum absolute atomic E-state index is 0.0760. The van der Waals surface area contributed by atoms with Gasteiger partial charge in [0.1, 0.15) is 5.75 Å². The lowest BCUT2D eigenvalue weighted by Crippen LogP contribution is -2.46. The quantitative estimate of drug-likeness (QED) is 0.475. The number of ether oxygens (including phenoxy) is 1. The van der Waals surface area contributed by atoms with E-state index in [4.69, 9.17) is 22.2 Å². The molecule has 1 aliphatic rings. The summed E-state index contributed by atoms with van der Waals surface area (Å²) in [7, 11) is -2.26. The van der Waals surface area contributed by atoms with Crippen molar-refractivity contribution in [1.82, 2.24) is 9.73 Å². The molecule has 7 nitrogen and oxygen atoms in total. The third-order valence-corrected chi connectivity index (χ3v) is 5.81. The van der Waals surface area contributed by atoms with Crippen molar-refractivity contribution in [2.45, 2.75) is 17.7 Å². The molecule has 1 aromatic rings. The molecule has 2 rings (SSSR count). The second kappa shape index (κ2) is 6.82. The van der Waals surface area contributed by atoms with Gasteiger partial charge in [-0.3, -0.25) is 10.2 Å². The minimum atomic E-state index is -3.71. The number of nitrogens with one attached hydrogen (secondary N) is 1. The maximum atomic E-state index is 12.7. The zero-order chi connectivity index (χ0) is 16.3. The molecule has 1 saturated heterocycles. The van der Waals surface area contributed by atoms with Crippen molar-refractivity contribution in [2.24, 2.45) is 11.8 Å². The van der Waals surface area contributed by atoms with E-state index in [0.717, 1.165) is 0 Å². The number of methoxy groups -OCH3 is 1. The molecule has 22 heavy (non-hydrogen) atoms. The van der Waals surface area contributed by atoms with E-state index in [-0.39, 0.29) is 22.4 Å². The molecular weight excluding hydrogens is 330 g/mol. The highest BCUT2D eigenvalue weighted by molar-refractivity contribution is 7.89. The lowest BCUT2D eigenvalue weighted by atomic mass is 9.99. The molecule has 1 heterocycles. The van der Waals surface area contributed by atoms with Crippen LogP contribution in [0, 0.1) is 5.92 Å². The Morgan fingerprint density at radius 1 is 1.50 bits per heavy atom. The number of rotatable bonds is 4. The average Bonchev–Trinajstić information content (AvgIpc) is 2.54. The molecule has 1 aromatic carbocycles. The third-order valence-electron chi connectivity index (χ3n) is 3.66. The molecule has 0 radical (unpaired) electrons. The lowest BCUT2D eigenvalue weighted by molar-refractivity contribution is -0.126. The Labute approximate surface area is 134 Å². The molecule has 0 unspecified atom stereocenters. The molecule has 1 fully saturated rings. The zero-order valence-electron chi connectivity index (χ0n) is 12.1. The summed E-state index contributed by atoms with van der Waals surface area (Å²) < 4.78 is 31.6. The first kappa shape index (κ1) is 17.0. The van der Waals surface area contributed by atoms with Gasteiger partial charge in [0.2, 0.25) is 15.9 Å². The second-order valence-corrected chi connectivity index (χ2v) is 7.35. The SMILES string of the molecule is COc1ccc(S(=O)(=O)N2CCC[C@@H](C(=O)NN)C2)cc1Cl. The van der Waals surface area contributed by atoms with E-state index in [0.29, 0.717) is 25.1 Å². The standard InChI is InChI=1S/C13H18ClN3O4S/c1-21-12-5-4-10(7-11(12)14)22(19,20)17-6-2-3-9(8-17)13(18)16-15/h4-5,7,9H,2-3,6,8,15H2,1H3,(H,16,18)/t9-/m1/s1. The van der Waals surface area contributed by atoms with Crippen LogP contribution in [0.2, 0.25) is 5.02 Å². The molecule has 0 aliphatic carbocycles. The molecule has 0 saturated carbocycles. The molecule has 9 heteroatoms. The Balaban J connectivity index is 2.26. The first-order valence-corrected chi connectivity index (χ1v) is 8.56. The van der Waals surface area contributed by atoms with Crippen molar-refractivity contribution in [3.8, 4) is 5.75 Å². The number of hydrogen-bond donors (Lipinski definition) is 2. The Kier molecular flexibility index (Phi) is 5.28. The molecule has 122 valence electrons. The van der Waals surface area contributed by atoms with E-state index in [1.54, 1.807) is 0 Å². The highest BCUT2D eigenvalue weighted by Gasteiger charge is 2.33. The van der Waals surface area contributed by atoms with E-state index in [9.17, 15) is 13.2 Å². The maximum absolute atomic E-state index is 12.7. The first-order chi connectivity index (χ1) is 10.4. The van der Waals surface area contributed by atoms with Gasteiger partial charge in [-0.05, 0) is 31.0 Å². The van der Waals surface area contributed by atoms with Crippen molar-refractivity contribution < 1.29 is 17.9 Å². The van der Waals surface area contributed by atoms with Crippen molar-refractivity contribution in [3.63, 3.8) is 0 Å². The Hall–Kier alpha value is -1.35. The van der Waals surface area contributed by atoms with E-state index in [2.05, 4.69) is 5.43 Å². The summed E-state index contributed by atoms with van der Waals surface area (Å²) in [6.45, 7) is 0.468. The van der Waals surface area contributed by atoms with Gasteiger partial charge >= 0.3 is 0 Å². The summed E-state index contributed by atoms with van der Waals surface area (Å²) >= 11 is 5.99. The highest BCUT2D eigenvalue weighted by atomic mass is 35.5. The summed E-state index contributed by atoms with van der Waals surface area (Å²) in [6, 6.07) is 4.29. The Morgan fingerprint density at radius 2 is 2.23 bits per heavy atom. The Morgan fingerprint density at radius 3 is 2.82 bits per heavy atom. The predicted molar refractivity (Wildman–Crippen MR) is 81.8 cm³/mol. The number of amides is 1. The van der Waals surface area contributed by atoms with Crippen LogP contribution in [0.3, 0.4) is 0 Å². The predicted octanol–water partition coefficient (Wildman–Crippen LogP) is 0.739. The highest BCUT2D eigenvalue weighted by Crippen LogP contribution is 2.30. The molecule has 1 aliphatic heterocycles. The largest absolute Gasteiger partial charge is 0.495 e. The van der Waals surface area contributed by atoms with Crippen molar-refractivity contribution in [3.05, 3.63) is 23.2 Å². The van der Waals surface area contributed by atoms with E-state index in [1.807, 2.05) is 0 Å². The summed E-state index contributed by atoms with van der Waals surface area (Å²) in [5.41, 5.74) is 2.07. The van der Waals surface area contributed by atoms with Crippen LogP contribution < -0.4 is 16.0 Å². The number of piperidine rings is 1. The number of carbonyl (C=O) groups is 1. The summed E-state index contributed by atoms with van der Waals surface area (Å²) in [6.07, 6.45) is 1.21. The summed E-state index contributed by atoms with van der Waals surface area (Å²) in [5.74, 6) is 4.73. The zero-order valence-corrected chi connectivity index (χ0v) is 13.7. The van der Waals surface area contributed by atoms with Gasteiger partial charge in [-0.15, -0.1) is 0 Å². The fourth-order valence-electron chi connectivity index (χ4n) is 2.45. The van der Waals surface area contributed by atoms with Crippen LogP contribution in [-0.4, -0.2) is 38.8 Å². The van der Waals surface area contributed by atoms with Crippen LogP contribution in [-0.2, 0) is 14.8 Å². The molecule has 3 N–H and O–H groups in total. The number of carbonyl (C=O) groups excluding carboxylic acids is 1. The topological polar surface area (TPSA) is 102 Å². The number of hydrogen-bond acceptors (Lipinski definition) is 5. The van der Waals surface area contributed by atoms with Crippen molar-refractivity contribution >= 4 is 27.5 Å². The third kappa shape index (κ3) is 3.35. The summed E-state index contributed by atoms with van der Waals surface area (Å²) in [5, 5.41) is 0.219. The molecule has 0 bridgehead atoms. The number of nitrogens with zero attached hydrogens (tertiary/aromatic N) is 1.